The van der Waals surface area contributed by atoms with Crippen LogP contribution in [0.25, 0.3) is 0 Å². The van der Waals surface area contributed by atoms with Crippen molar-refractivity contribution < 1.29 is 14.3 Å². The summed E-state index contributed by atoms with van der Waals surface area (Å²) in [5.41, 5.74) is 0.578. The monoisotopic (exact) mass is 490 g/mol. The topological polar surface area (TPSA) is 78.3 Å². The van der Waals surface area contributed by atoms with Gasteiger partial charge in [0, 0.05) is 17.3 Å². The SMILES string of the molecule is COc1ccccc1OCCSc1nnc([C@H](C)NC(=O)c2ccccc2Br)n1C. The molecule has 0 aliphatic rings. The molecule has 7 nitrogen and oxygen atoms in total. The summed E-state index contributed by atoms with van der Waals surface area (Å²) in [5, 5.41) is 12.2. The van der Waals surface area contributed by atoms with Gasteiger partial charge in [-0.3, -0.25) is 4.79 Å². The lowest BCUT2D eigenvalue weighted by Crippen LogP contribution is -2.28. The van der Waals surface area contributed by atoms with Gasteiger partial charge in [0.25, 0.3) is 5.91 Å². The highest BCUT2D eigenvalue weighted by Gasteiger charge is 2.19. The molecule has 0 saturated carbocycles. The van der Waals surface area contributed by atoms with Gasteiger partial charge >= 0.3 is 0 Å². The molecule has 0 bridgehead atoms. The van der Waals surface area contributed by atoms with Crippen LogP contribution in [0.5, 0.6) is 11.5 Å². The molecule has 3 rings (SSSR count). The van der Waals surface area contributed by atoms with E-state index in [9.17, 15) is 4.79 Å². The predicted octanol–water partition coefficient (Wildman–Crippen LogP) is 4.25. The number of halogens is 1. The molecule has 30 heavy (non-hydrogen) atoms. The van der Waals surface area contributed by atoms with Crippen molar-refractivity contribution in [1.29, 1.82) is 0 Å². The summed E-state index contributed by atoms with van der Waals surface area (Å²) in [6.45, 7) is 2.39. The number of benzene rings is 2. The number of thioether (sulfide) groups is 1. The zero-order valence-corrected chi connectivity index (χ0v) is 19.4. The number of para-hydroxylation sites is 2. The van der Waals surface area contributed by atoms with Gasteiger partial charge in [0.05, 0.1) is 25.3 Å². The average Bonchev–Trinajstić information content (AvgIpc) is 3.12. The number of carbonyl (C=O) groups is 1. The maximum atomic E-state index is 12.5. The second-order valence-corrected chi connectivity index (χ2v) is 8.34. The lowest BCUT2D eigenvalue weighted by Gasteiger charge is -2.14. The molecule has 1 heterocycles. The van der Waals surface area contributed by atoms with Gasteiger partial charge in [-0.25, -0.2) is 0 Å². The van der Waals surface area contributed by atoms with E-state index in [1.807, 2.05) is 61.0 Å². The summed E-state index contributed by atoms with van der Waals surface area (Å²) in [4.78, 5) is 12.5. The number of nitrogens with one attached hydrogen (secondary N) is 1. The highest BCUT2D eigenvalue weighted by atomic mass is 79.9. The molecule has 1 N–H and O–H groups in total. The minimum absolute atomic E-state index is 0.169. The average molecular weight is 491 g/mol. The van der Waals surface area contributed by atoms with Crippen molar-refractivity contribution in [3.05, 3.63) is 64.4 Å². The fraction of sp³-hybridized carbons (Fsp3) is 0.286. The second kappa shape index (κ2) is 10.5. The zero-order valence-electron chi connectivity index (χ0n) is 17.0. The molecule has 1 atom stereocenters. The molecular formula is C21H23BrN4O3S. The molecule has 0 radical (unpaired) electrons. The third-order valence-corrected chi connectivity index (χ3v) is 6.04. The normalized spacial score (nSPS) is 11.7. The van der Waals surface area contributed by atoms with E-state index in [0.717, 1.165) is 9.63 Å². The van der Waals surface area contributed by atoms with E-state index in [1.54, 1.807) is 13.2 Å². The summed E-state index contributed by atoms with van der Waals surface area (Å²) in [6.07, 6.45) is 0. The van der Waals surface area contributed by atoms with Gasteiger partial charge in [0.2, 0.25) is 0 Å². The first kappa shape index (κ1) is 22.2. The quantitative estimate of drug-likeness (QED) is 0.356. The lowest BCUT2D eigenvalue weighted by atomic mass is 10.2. The molecule has 0 fully saturated rings. The highest BCUT2D eigenvalue weighted by Crippen LogP contribution is 2.26. The molecule has 2 aromatic carbocycles. The third-order valence-electron chi connectivity index (χ3n) is 4.36. The Balaban J connectivity index is 1.55. The molecule has 0 saturated heterocycles. The first-order valence-electron chi connectivity index (χ1n) is 9.34. The van der Waals surface area contributed by atoms with Crippen molar-refractivity contribution in [1.82, 2.24) is 20.1 Å². The third kappa shape index (κ3) is 5.34. The Morgan fingerprint density at radius 1 is 1.17 bits per heavy atom. The van der Waals surface area contributed by atoms with E-state index in [-0.39, 0.29) is 11.9 Å². The van der Waals surface area contributed by atoms with Gasteiger partial charge < -0.3 is 19.4 Å². The Morgan fingerprint density at radius 2 is 1.87 bits per heavy atom. The van der Waals surface area contributed by atoms with Crippen LogP contribution in [0.2, 0.25) is 0 Å². The molecule has 9 heteroatoms. The van der Waals surface area contributed by atoms with E-state index in [0.29, 0.717) is 35.2 Å². The van der Waals surface area contributed by atoms with E-state index < -0.39 is 0 Å². The van der Waals surface area contributed by atoms with Crippen LogP contribution in [-0.4, -0.2) is 40.1 Å². The van der Waals surface area contributed by atoms with Crippen LogP contribution >= 0.6 is 27.7 Å². The van der Waals surface area contributed by atoms with Crippen LogP contribution < -0.4 is 14.8 Å². The molecule has 1 aromatic heterocycles. The summed E-state index contributed by atoms with van der Waals surface area (Å²) < 4.78 is 13.7. The van der Waals surface area contributed by atoms with Crippen LogP contribution in [0.3, 0.4) is 0 Å². The van der Waals surface area contributed by atoms with Crippen molar-refractivity contribution >= 4 is 33.6 Å². The van der Waals surface area contributed by atoms with Gasteiger partial charge in [-0.15, -0.1) is 10.2 Å². The number of rotatable bonds is 9. The number of carbonyl (C=O) groups excluding carboxylic acids is 1. The molecule has 0 unspecified atom stereocenters. The smallest absolute Gasteiger partial charge is 0.253 e. The fourth-order valence-electron chi connectivity index (χ4n) is 2.84. The van der Waals surface area contributed by atoms with E-state index in [2.05, 4.69) is 31.4 Å². The van der Waals surface area contributed by atoms with Crippen molar-refractivity contribution in [2.24, 2.45) is 7.05 Å². The fourth-order valence-corrected chi connectivity index (χ4v) is 4.04. The molecule has 158 valence electrons. The van der Waals surface area contributed by atoms with Gasteiger partial charge in [0.1, 0.15) is 0 Å². The number of ether oxygens (including phenoxy) is 2. The Morgan fingerprint density at radius 3 is 2.60 bits per heavy atom. The van der Waals surface area contributed by atoms with Gasteiger partial charge in [-0.1, -0.05) is 36.0 Å². The van der Waals surface area contributed by atoms with E-state index in [1.165, 1.54) is 11.8 Å². The number of methoxy groups -OCH3 is 1. The summed E-state index contributed by atoms with van der Waals surface area (Å²) in [6, 6.07) is 14.6. The Bertz CT molecular complexity index is 1010. The predicted molar refractivity (Wildman–Crippen MR) is 120 cm³/mol. The molecule has 1 amide bonds. The molecular weight excluding hydrogens is 468 g/mol. The molecule has 0 aliphatic heterocycles. The van der Waals surface area contributed by atoms with Crippen LogP contribution in [0.15, 0.2) is 58.2 Å². The zero-order chi connectivity index (χ0) is 21.5. The molecule has 0 spiro atoms. The Kier molecular flexibility index (Phi) is 7.75. The minimum Gasteiger partial charge on any atom is -0.493 e. The van der Waals surface area contributed by atoms with E-state index >= 15 is 0 Å². The second-order valence-electron chi connectivity index (χ2n) is 6.42. The number of hydrogen-bond donors (Lipinski definition) is 1. The van der Waals surface area contributed by atoms with Crippen molar-refractivity contribution in [2.75, 3.05) is 19.5 Å². The lowest BCUT2D eigenvalue weighted by molar-refractivity contribution is 0.0937. The minimum atomic E-state index is -0.290. The van der Waals surface area contributed by atoms with Crippen LogP contribution in [0.1, 0.15) is 29.1 Å². The van der Waals surface area contributed by atoms with E-state index in [4.69, 9.17) is 9.47 Å². The summed E-state index contributed by atoms with van der Waals surface area (Å²) >= 11 is 4.94. The van der Waals surface area contributed by atoms with Crippen molar-refractivity contribution in [3.8, 4) is 11.5 Å². The van der Waals surface area contributed by atoms with Gasteiger partial charge in [0.15, 0.2) is 22.5 Å². The highest BCUT2D eigenvalue weighted by molar-refractivity contribution is 9.10. The number of nitrogens with zero attached hydrogens (tertiary/aromatic N) is 3. The standard InChI is InChI=1S/C21H23BrN4O3S/c1-14(23-20(27)15-8-4-5-9-16(15)22)19-24-25-21(26(19)2)30-13-12-29-18-11-7-6-10-17(18)28-3/h4-11,14H,12-13H2,1-3H3,(H,23,27)/t14-/m0/s1. The Hall–Kier alpha value is -2.52. The van der Waals surface area contributed by atoms with Gasteiger partial charge in [-0.05, 0) is 47.1 Å². The number of hydrogen-bond acceptors (Lipinski definition) is 6. The number of aromatic nitrogens is 3. The summed E-state index contributed by atoms with van der Waals surface area (Å²) in [5.74, 6) is 2.63. The van der Waals surface area contributed by atoms with Crippen molar-refractivity contribution in [2.45, 2.75) is 18.1 Å². The van der Waals surface area contributed by atoms with Crippen molar-refractivity contribution in [3.63, 3.8) is 0 Å². The first-order valence-corrected chi connectivity index (χ1v) is 11.1. The summed E-state index contributed by atoms with van der Waals surface area (Å²) in [7, 11) is 3.51. The van der Waals surface area contributed by atoms with Crippen LogP contribution in [0, 0.1) is 0 Å². The molecule has 3 aromatic rings. The first-order chi connectivity index (χ1) is 14.5. The Labute approximate surface area is 188 Å². The maximum absolute atomic E-state index is 12.5. The number of amides is 1. The van der Waals surface area contributed by atoms with Crippen LogP contribution in [-0.2, 0) is 7.05 Å². The van der Waals surface area contributed by atoms with Crippen LogP contribution in [0.4, 0.5) is 0 Å². The van der Waals surface area contributed by atoms with Gasteiger partial charge in [-0.2, -0.15) is 0 Å². The maximum Gasteiger partial charge on any atom is 0.253 e. The molecule has 0 aliphatic carbocycles. The largest absolute Gasteiger partial charge is 0.493 e.